The van der Waals surface area contributed by atoms with E-state index in [1.807, 2.05) is 12.1 Å². The minimum Gasteiger partial charge on any atom is -0.402 e. The average Bonchev–Trinajstić information content (AvgIpc) is 2.76. The molecule has 0 amide bonds. The molecule has 0 saturated heterocycles. The van der Waals surface area contributed by atoms with Crippen molar-refractivity contribution in [2.24, 2.45) is 5.92 Å². The summed E-state index contributed by atoms with van der Waals surface area (Å²) in [6.45, 7) is 3.58. The Hall–Kier alpha value is -2.89. The molecule has 4 rings (SSSR count). The van der Waals surface area contributed by atoms with Crippen LogP contribution < -0.4 is 4.74 Å². The second kappa shape index (κ2) is 9.16. The molecule has 174 valence electrons. The van der Waals surface area contributed by atoms with Crippen molar-refractivity contribution < 1.29 is 26.7 Å². The van der Waals surface area contributed by atoms with E-state index in [1.54, 1.807) is 6.07 Å². The molecule has 1 nitrogen and oxygen atoms in total. The van der Waals surface area contributed by atoms with Crippen LogP contribution in [0, 0.1) is 24.5 Å². The Morgan fingerprint density at radius 1 is 0.758 bits per heavy atom. The van der Waals surface area contributed by atoms with E-state index in [9.17, 15) is 22.0 Å². The zero-order valence-electron chi connectivity index (χ0n) is 18.5. The van der Waals surface area contributed by atoms with Crippen molar-refractivity contribution in [2.45, 2.75) is 51.8 Å². The summed E-state index contributed by atoms with van der Waals surface area (Å²) in [5.74, 6) is -1.33. The van der Waals surface area contributed by atoms with Crippen LogP contribution in [-0.2, 0) is 0 Å². The van der Waals surface area contributed by atoms with E-state index in [1.165, 1.54) is 56.4 Å². The maximum Gasteiger partial charge on any atom is 0.573 e. The second-order valence-corrected chi connectivity index (χ2v) is 8.93. The first-order chi connectivity index (χ1) is 15.6. The van der Waals surface area contributed by atoms with Gasteiger partial charge in [0.2, 0.25) is 0 Å². The van der Waals surface area contributed by atoms with Crippen LogP contribution in [-0.4, -0.2) is 6.36 Å². The lowest BCUT2D eigenvalue weighted by molar-refractivity contribution is -0.275. The van der Waals surface area contributed by atoms with Gasteiger partial charge in [0.1, 0.15) is 5.82 Å². The summed E-state index contributed by atoms with van der Waals surface area (Å²) in [6, 6.07) is 14.9. The molecule has 6 heteroatoms. The lowest BCUT2D eigenvalue weighted by atomic mass is 9.79. The number of benzene rings is 3. The van der Waals surface area contributed by atoms with Gasteiger partial charge in [0.25, 0.3) is 0 Å². The van der Waals surface area contributed by atoms with Gasteiger partial charge in [-0.15, -0.1) is 13.2 Å². The quantitative estimate of drug-likeness (QED) is 0.354. The molecule has 0 unspecified atom stereocenters. The van der Waals surface area contributed by atoms with Crippen LogP contribution in [0.2, 0.25) is 0 Å². The Labute approximate surface area is 190 Å². The lowest BCUT2D eigenvalue weighted by Gasteiger charge is -2.26. The average molecular weight is 460 g/mol. The molecule has 0 N–H and O–H groups in total. The second-order valence-electron chi connectivity index (χ2n) is 8.93. The number of aryl methyl sites for hydroxylation is 1. The summed E-state index contributed by atoms with van der Waals surface area (Å²) >= 11 is 0. The van der Waals surface area contributed by atoms with E-state index >= 15 is 0 Å². The predicted octanol–water partition coefficient (Wildman–Crippen LogP) is 8.80. The highest BCUT2D eigenvalue weighted by atomic mass is 19.4. The van der Waals surface area contributed by atoms with Gasteiger partial charge in [-0.2, -0.15) is 0 Å². The predicted molar refractivity (Wildman–Crippen MR) is 119 cm³/mol. The third-order valence-corrected chi connectivity index (χ3v) is 6.46. The summed E-state index contributed by atoms with van der Waals surface area (Å²) in [5, 5.41) is 0. The minimum absolute atomic E-state index is 0.0708. The van der Waals surface area contributed by atoms with Crippen molar-refractivity contribution in [2.75, 3.05) is 0 Å². The van der Waals surface area contributed by atoms with E-state index < -0.39 is 23.7 Å². The van der Waals surface area contributed by atoms with Gasteiger partial charge in [0.05, 0.1) is 0 Å². The van der Waals surface area contributed by atoms with Crippen LogP contribution in [0.4, 0.5) is 22.0 Å². The Balaban J connectivity index is 1.56. The van der Waals surface area contributed by atoms with Crippen molar-refractivity contribution in [1.82, 2.24) is 0 Å². The molecule has 0 bridgehead atoms. The van der Waals surface area contributed by atoms with Gasteiger partial charge < -0.3 is 4.74 Å². The van der Waals surface area contributed by atoms with Crippen molar-refractivity contribution >= 4 is 0 Å². The molecule has 3 aromatic carbocycles. The monoisotopic (exact) mass is 460 g/mol. The number of ether oxygens (including phenoxy) is 1. The van der Waals surface area contributed by atoms with Crippen LogP contribution in [0.15, 0.2) is 54.6 Å². The van der Waals surface area contributed by atoms with Crippen LogP contribution in [0.3, 0.4) is 0 Å². The van der Waals surface area contributed by atoms with Crippen molar-refractivity contribution in [3.05, 3.63) is 77.4 Å². The van der Waals surface area contributed by atoms with Gasteiger partial charge >= 0.3 is 6.36 Å². The zero-order chi connectivity index (χ0) is 23.8. The van der Waals surface area contributed by atoms with E-state index in [4.69, 9.17) is 0 Å². The van der Waals surface area contributed by atoms with Crippen LogP contribution in [0.25, 0.3) is 22.3 Å². The Bertz CT molecular complexity index is 1100. The number of hydrogen-bond donors (Lipinski definition) is 0. The molecule has 0 heterocycles. The lowest BCUT2D eigenvalue weighted by Crippen LogP contribution is -2.18. The van der Waals surface area contributed by atoms with Crippen molar-refractivity contribution in [3.8, 4) is 28.0 Å². The van der Waals surface area contributed by atoms with Crippen molar-refractivity contribution in [3.63, 3.8) is 0 Å². The summed E-state index contributed by atoms with van der Waals surface area (Å²) in [6.07, 6.45) is -0.158. The Morgan fingerprint density at radius 2 is 1.36 bits per heavy atom. The first-order valence-corrected chi connectivity index (χ1v) is 11.1. The molecule has 0 aromatic heterocycles. The van der Waals surface area contributed by atoms with Gasteiger partial charge in [-0.3, -0.25) is 0 Å². The third-order valence-electron chi connectivity index (χ3n) is 6.46. The molecular formula is C27H25F5O. The smallest absolute Gasteiger partial charge is 0.402 e. The summed E-state index contributed by atoms with van der Waals surface area (Å²) in [5.41, 5.74) is 3.02. The topological polar surface area (TPSA) is 9.23 Å². The normalized spacial score (nSPS) is 18.9. The fourth-order valence-electron chi connectivity index (χ4n) is 4.60. The molecule has 0 atom stereocenters. The van der Waals surface area contributed by atoms with E-state index in [0.717, 1.165) is 17.5 Å². The summed E-state index contributed by atoms with van der Waals surface area (Å²) in [4.78, 5) is 0. The fourth-order valence-corrected chi connectivity index (χ4v) is 4.60. The molecule has 1 aliphatic rings. The zero-order valence-corrected chi connectivity index (χ0v) is 18.5. The third kappa shape index (κ3) is 5.37. The number of halogens is 5. The maximum absolute atomic E-state index is 14.9. The standard InChI is InChI=1S/C27H25F5O/c1-16-3-5-18(6-4-16)19-7-9-20(10-8-19)21-11-12-23(24(28)14-21)22-13-17(2)26(25(29)15-22)33-27(30,31)32/h7-16,18H,3-6H2,1-2H3. The van der Waals surface area contributed by atoms with E-state index in [-0.39, 0.29) is 16.7 Å². The number of alkyl halides is 3. The molecule has 1 fully saturated rings. The van der Waals surface area contributed by atoms with Crippen LogP contribution in [0.5, 0.6) is 5.75 Å². The maximum atomic E-state index is 14.9. The fraction of sp³-hybridized carbons (Fsp3) is 0.333. The molecule has 0 radical (unpaired) electrons. The van der Waals surface area contributed by atoms with E-state index in [2.05, 4.69) is 23.8 Å². The summed E-state index contributed by atoms with van der Waals surface area (Å²) < 4.78 is 70.4. The van der Waals surface area contributed by atoms with Gasteiger partial charge in [-0.25, -0.2) is 8.78 Å². The van der Waals surface area contributed by atoms with Crippen LogP contribution >= 0.6 is 0 Å². The Morgan fingerprint density at radius 3 is 1.94 bits per heavy atom. The first-order valence-electron chi connectivity index (χ1n) is 11.1. The SMILES string of the molecule is Cc1cc(-c2ccc(-c3ccc(C4CCC(C)CC4)cc3)cc2F)cc(F)c1OC(F)(F)F. The molecule has 1 aliphatic carbocycles. The van der Waals surface area contributed by atoms with Gasteiger partial charge in [-0.1, -0.05) is 56.2 Å². The molecular weight excluding hydrogens is 435 g/mol. The summed E-state index contributed by atoms with van der Waals surface area (Å²) in [7, 11) is 0. The molecule has 1 saturated carbocycles. The molecule has 0 spiro atoms. The number of hydrogen-bond acceptors (Lipinski definition) is 1. The van der Waals surface area contributed by atoms with Crippen molar-refractivity contribution in [1.29, 1.82) is 0 Å². The highest BCUT2D eigenvalue weighted by Crippen LogP contribution is 2.37. The molecule has 3 aromatic rings. The Kier molecular flexibility index (Phi) is 6.46. The highest BCUT2D eigenvalue weighted by molar-refractivity contribution is 5.72. The largest absolute Gasteiger partial charge is 0.573 e. The van der Waals surface area contributed by atoms with Crippen LogP contribution in [0.1, 0.15) is 49.7 Å². The van der Waals surface area contributed by atoms with Gasteiger partial charge in [0.15, 0.2) is 11.6 Å². The first kappa shape index (κ1) is 23.3. The van der Waals surface area contributed by atoms with E-state index in [0.29, 0.717) is 11.5 Å². The van der Waals surface area contributed by atoms with Gasteiger partial charge in [-0.05, 0) is 77.6 Å². The molecule has 33 heavy (non-hydrogen) atoms. The molecule has 0 aliphatic heterocycles. The highest BCUT2D eigenvalue weighted by Gasteiger charge is 2.33. The van der Waals surface area contributed by atoms with Gasteiger partial charge in [0, 0.05) is 5.56 Å². The minimum atomic E-state index is -5.01. The number of rotatable bonds is 4.